The van der Waals surface area contributed by atoms with Crippen LogP contribution in [-0.4, -0.2) is 10.6 Å². The molecule has 0 aromatic carbocycles. The molecule has 0 saturated carbocycles. The minimum atomic E-state index is 0.646. The van der Waals surface area contributed by atoms with Crippen LogP contribution in [0.1, 0.15) is 32.1 Å². The van der Waals surface area contributed by atoms with Crippen LogP contribution in [0.3, 0.4) is 0 Å². The van der Waals surface area contributed by atoms with Crippen molar-refractivity contribution in [2.75, 3.05) is 4.55 Å². The molecular weight excluding hydrogens is 249 g/mol. The number of halogens is 1. The SMILES string of the molecule is ICNC1/C=C\CCCCC1. The van der Waals surface area contributed by atoms with E-state index in [1.165, 1.54) is 32.1 Å². The Kier molecular flexibility index (Phi) is 5.19. The Morgan fingerprint density at radius 2 is 2.27 bits per heavy atom. The van der Waals surface area contributed by atoms with Crippen molar-refractivity contribution in [3.63, 3.8) is 0 Å². The summed E-state index contributed by atoms with van der Waals surface area (Å²) in [5.41, 5.74) is 0. The number of nitrogens with one attached hydrogen (secondary N) is 1. The molecule has 0 radical (unpaired) electrons. The molecule has 64 valence electrons. The maximum atomic E-state index is 3.45. The lowest BCUT2D eigenvalue weighted by Crippen LogP contribution is -2.25. The molecule has 0 aliphatic heterocycles. The van der Waals surface area contributed by atoms with Crippen LogP contribution in [0.5, 0.6) is 0 Å². The predicted octanol–water partition coefficient (Wildman–Crippen LogP) is 2.86. The van der Waals surface area contributed by atoms with Crippen molar-refractivity contribution in [2.45, 2.75) is 38.1 Å². The molecule has 0 amide bonds. The second-order valence-corrected chi connectivity index (χ2v) is 3.77. The third kappa shape index (κ3) is 4.11. The van der Waals surface area contributed by atoms with E-state index in [0.717, 1.165) is 4.55 Å². The lowest BCUT2D eigenvalue weighted by Gasteiger charge is -2.14. The standard InChI is InChI=1S/C9H16IN/c10-8-11-9-6-4-2-1-3-5-7-9/h4,6,9,11H,1-3,5,7-8H2/b6-4-. The third-order valence-corrected chi connectivity index (χ3v) is 2.53. The summed E-state index contributed by atoms with van der Waals surface area (Å²) < 4.78 is 1.06. The zero-order valence-electron chi connectivity index (χ0n) is 6.85. The molecule has 1 aliphatic carbocycles. The van der Waals surface area contributed by atoms with Gasteiger partial charge in [-0.05, 0) is 19.3 Å². The second kappa shape index (κ2) is 6.00. The van der Waals surface area contributed by atoms with Crippen LogP contribution in [0.25, 0.3) is 0 Å². The number of hydrogen-bond acceptors (Lipinski definition) is 1. The summed E-state index contributed by atoms with van der Waals surface area (Å²) in [6.45, 7) is 0. The van der Waals surface area contributed by atoms with E-state index in [1.54, 1.807) is 0 Å². The molecule has 2 heteroatoms. The highest BCUT2D eigenvalue weighted by Gasteiger charge is 2.03. The van der Waals surface area contributed by atoms with Crippen LogP contribution in [0, 0.1) is 0 Å². The highest BCUT2D eigenvalue weighted by molar-refractivity contribution is 14.1. The van der Waals surface area contributed by atoms with Crippen molar-refractivity contribution in [3.05, 3.63) is 12.2 Å². The molecule has 1 nitrogen and oxygen atoms in total. The minimum absolute atomic E-state index is 0.646. The van der Waals surface area contributed by atoms with Crippen molar-refractivity contribution < 1.29 is 0 Å². The molecule has 1 unspecified atom stereocenters. The number of alkyl halides is 1. The van der Waals surface area contributed by atoms with Crippen LogP contribution in [0.15, 0.2) is 12.2 Å². The summed E-state index contributed by atoms with van der Waals surface area (Å²) in [5, 5.41) is 3.45. The van der Waals surface area contributed by atoms with Crippen molar-refractivity contribution >= 4 is 22.6 Å². The van der Waals surface area contributed by atoms with Gasteiger partial charge in [-0.2, -0.15) is 0 Å². The Bertz CT molecular complexity index is 123. The molecule has 0 spiro atoms. The molecule has 1 atom stereocenters. The summed E-state index contributed by atoms with van der Waals surface area (Å²) in [6.07, 6.45) is 11.4. The number of hydrogen-bond donors (Lipinski definition) is 1. The highest BCUT2D eigenvalue weighted by Crippen LogP contribution is 2.11. The van der Waals surface area contributed by atoms with Crippen LogP contribution in [0.4, 0.5) is 0 Å². The molecule has 1 rings (SSSR count). The van der Waals surface area contributed by atoms with E-state index in [9.17, 15) is 0 Å². The summed E-state index contributed by atoms with van der Waals surface area (Å²) >= 11 is 2.37. The van der Waals surface area contributed by atoms with Crippen molar-refractivity contribution in [1.29, 1.82) is 0 Å². The van der Waals surface area contributed by atoms with E-state index in [0.29, 0.717) is 6.04 Å². The minimum Gasteiger partial charge on any atom is -0.302 e. The van der Waals surface area contributed by atoms with Crippen molar-refractivity contribution in [2.24, 2.45) is 0 Å². The Hall–Kier alpha value is 0.430. The monoisotopic (exact) mass is 265 g/mol. The molecule has 0 bridgehead atoms. The van der Waals surface area contributed by atoms with Crippen LogP contribution in [0.2, 0.25) is 0 Å². The van der Waals surface area contributed by atoms with Crippen molar-refractivity contribution in [1.82, 2.24) is 5.32 Å². The Labute approximate surface area is 82.8 Å². The smallest absolute Gasteiger partial charge is 0.0484 e. The molecule has 0 aromatic rings. The zero-order valence-corrected chi connectivity index (χ0v) is 9.01. The molecule has 0 heterocycles. The normalized spacial score (nSPS) is 29.0. The van der Waals surface area contributed by atoms with Crippen molar-refractivity contribution in [3.8, 4) is 0 Å². The fourth-order valence-electron chi connectivity index (χ4n) is 1.43. The van der Waals surface area contributed by atoms with Gasteiger partial charge in [-0.25, -0.2) is 0 Å². The summed E-state index contributed by atoms with van der Waals surface area (Å²) in [7, 11) is 0. The van der Waals surface area contributed by atoms with E-state index in [4.69, 9.17) is 0 Å². The summed E-state index contributed by atoms with van der Waals surface area (Å²) in [6, 6.07) is 0.646. The predicted molar refractivity (Wildman–Crippen MR) is 58.0 cm³/mol. The van der Waals surface area contributed by atoms with Crippen LogP contribution in [-0.2, 0) is 0 Å². The van der Waals surface area contributed by atoms with Gasteiger partial charge < -0.3 is 5.32 Å². The second-order valence-electron chi connectivity index (χ2n) is 3.01. The topological polar surface area (TPSA) is 12.0 Å². The number of allylic oxidation sites excluding steroid dienone is 1. The first-order chi connectivity index (χ1) is 5.43. The lowest BCUT2D eigenvalue weighted by molar-refractivity contribution is 0.540. The summed E-state index contributed by atoms with van der Waals surface area (Å²) in [4.78, 5) is 0. The van der Waals surface area contributed by atoms with E-state index < -0.39 is 0 Å². The maximum absolute atomic E-state index is 3.45. The van der Waals surface area contributed by atoms with Crippen LogP contribution < -0.4 is 5.32 Å². The Balaban J connectivity index is 2.29. The zero-order chi connectivity index (χ0) is 7.94. The van der Waals surface area contributed by atoms with E-state index in [2.05, 4.69) is 40.1 Å². The highest BCUT2D eigenvalue weighted by atomic mass is 127. The first kappa shape index (κ1) is 9.52. The van der Waals surface area contributed by atoms with Crippen LogP contribution >= 0.6 is 22.6 Å². The van der Waals surface area contributed by atoms with Gasteiger partial charge >= 0.3 is 0 Å². The lowest BCUT2D eigenvalue weighted by atomic mass is 10.0. The molecule has 0 saturated heterocycles. The molecule has 1 N–H and O–H groups in total. The van der Waals surface area contributed by atoms with E-state index in [1.807, 2.05) is 0 Å². The van der Waals surface area contributed by atoms with Gasteiger partial charge in [0.15, 0.2) is 0 Å². The first-order valence-electron chi connectivity index (χ1n) is 4.39. The van der Waals surface area contributed by atoms with Gasteiger partial charge in [0, 0.05) is 10.6 Å². The van der Waals surface area contributed by atoms with Gasteiger partial charge in [-0.1, -0.05) is 47.6 Å². The molecule has 1 aliphatic rings. The average Bonchev–Trinajstić information content (AvgIpc) is 1.94. The molecule has 11 heavy (non-hydrogen) atoms. The van der Waals surface area contributed by atoms with E-state index in [-0.39, 0.29) is 0 Å². The Morgan fingerprint density at radius 3 is 3.09 bits per heavy atom. The van der Waals surface area contributed by atoms with Gasteiger partial charge in [0.25, 0.3) is 0 Å². The van der Waals surface area contributed by atoms with Gasteiger partial charge in [-0.3, -0.25) is 0 Å². The maximum Gasteiger partial charge on any atom is 0.0484 e. The summed E-state index contributed by atoms with van der Waals surface area (Å²) in [5.74, 6) is 0. The number of rotatable bonds is 2. The quantitative estimate of drug-likeness (QED) is 0.350. The van der Waals surface area contributed by atoms with E-state index >= 15 is 0 Å². The largest absolute Gasteiger partial charge is 0.302 e. The molecule has 0 fully saturated rings. The fourth-order valence-corrected chi connectivity index (χ4v) is 1.99. The molecule has 0 aromatic heterocycles. The van der Waals surface area contributed by atoms with Gasteiger partial charge in [0.05, 0.1) is 0 Å². The van der Waals surface area contributed by atoms with Gasteiger partial charge in [0.2, 0.25) is 0 Å². The third-order valence-electron chi connectivity index (χ3n) is 2.09. The van der Waals surface area contributed by atoms with Gasteiger partial charge in [-0.15, -0.1) is 0 Å². The average molecular weight is 265 g/mol. The Morgan fingerprint density at radius 1 is 1.36 bits per heavy atom. The molecular formula is C9H16IN. The first-order valence-corrected chi connectivity index (χ1v) is 5.92. The van der Waals surface area contributed by atoms with Gasteiger partial charge in [0.1, 0.15) is 0 Å². The fraction of sp³-hybridized carbons (Fsp3) is 0.778.